The van der Waals surface area contributed by atoms with Crippen molar-refractivity contribution in [2.24, 2.45) is 5.73 Å². The van der Waals surface area contributed by atoms with Gasteiger partial charge in [-0.1, -0.05) is 109 Å². The number of rotatable bonds is 20. The number of nitrogens with zero attached hydrogens (tertiary/aromatic N) is 10. The molecule has 1 saturated heterocycles. The standard InChI is InChI=1S/C25H28N6O2.C20H20N6O.C20H28N2O4.C15H18N2O.C12H15NO.C9H9ClO/c1-15-6-5-7-17-12-19(31(18-9-10-18)25(32)21(15)17)16(2)29-23-22-24(27-13-26-23)30(14-28-22)20-8-3-4-11-33-20;1-11-4-3-5-13-8-15(26(14-6-7-14)20(27)16(11)13)12(2)25-19-17-18(22-9-21-17)23-10-24-19;1-12-7-6-8-14(17(12)18(24)22-15-9-10-15)11-16(23)13(2)21-19(25)26-20(3,4)5;1-9-4-3-5-11-8-13(10(2)16)17(12-6-7-12)15(18)14(9)11;1-8-4-3-5-9(2)11(8)12(14)13-10-6-7-10;1-6-4-3-5-7(2)8(6)9(10)11/h5-7,12-14,16,18,20H,3-4,8-11H2,1-2H3,(H,26,27,29);3-5,8-10,12,14H,6-7H2,1-2H3,(H2,21,22,23,24,25);6-8,13,15H,9-11H2,1-5H3,(H,21,25)(H,22,24);3-5,8,10,12H,6-7,16H2,1-2H3;3-5,10H,6-7H2,1-2H3,(H,13,14);3-5H,1-2H3/t16-,20?;12-;;10-;;/m00.0../s1. The molecular formula is C101H118ClN17O10. The molecule has 28 heteroatoms. The van der Waals surface area contributed by atoms with Gasteiger partial charge >= 0.3 is 6.09 Å². The van der Waals surface area contributed by atoms with Gasteiger partial charge in [-0.2, -0.15) is 0 Å². The quantitative estimate of drug-likeness (QED) is 0.0349. The van der Waals surface area contributed by atoms with Crippen molar-refractivity contribution in [3.05, 3.63) is 268 Å². The molecule has 129 heavy (non-hydrogen) atoms. The van der Waals surface area contributed by atoms with Gasteiger partial charge in [0.15, 0.2) is 34.2 Å². The first-order chi connectivity index (χ1) is 61.7. The first-order valence-corrected chi connectivity index (χ1v) is 45.3. The smallest absolute Gasteiger partial charge is 0.408 e. The number of imidazole rings is 2. The number of aromatic amines is 1. The van der Waals surface area contributed by atoms with Crippen molar-refractivity contribution in [1.82, 2.24) is 69.1 Å². The summed E-state index contributed by atoms with van der Waals surface area (Å²) in [6, 6.07) is 42.0. The van der Waals surface area contributed by atoms with E-state index in [2.05, 4.69) is 93.5 Å². The Morgan fingerprint density at radius 3 is 1.41 bits per heavy atom. The number of halogens is 1. The Morgan fingerprint density at radius 2 is 0.953 bits per heavy atom. The van der Waals surface area contributed by atoms with E-state index in [9.17, 15) is 38.4 Å². The monoisotopic (exact) mass is 1760 g/mol. The van der Waals surface area contributed by atoms with Gasteiger partial charge in [0.05, 0.1) is 46.9 Å². The number of benzene rings is 6. The average Bonchev–Trinajstić information content (AvgIpc) is 1.73. The van der Waals surface area contributed by atoms with Gasteiger partial charge in [0.2, 0.25) is 0 Å². The van der Waals surface area contributed by atoms with Crippen LogP contribution >= 0.6 is 11.6 Å². The van der Waals surface area contributed by atoms with Crippen LogP contribution < -0.4 is 49.0 Å². The number of hydrogen-bond donors (Lipinski definition) is 7. The normalized spacial score (nSPS) is 16.2. The Bertz CT molecular complexity index is 6530. The largest absolute Gasteiger partial charge is 0.444 e. The molecule has 5 aliphatic carbocycles. The number of amides is 3. The maximum absolute atomic E-state index is 13.5. The minimum Gasteiger partial charge on any atom is -0.444 e. The summed E-state index contributed by atoms with van der Waals surface area (Å²) in [7, 11) is 0. The molecule has 7 aromatic heterocycles. The highest BCUT2D eigenvalue weighted by Gasteiger charge is 2.35. The molecule has 6 fully saturated rings. The Balaban J connectivity index is 0.000000129. The summed E-state index contributed by atoms with van der Waals surface area (Å²) in [4.78, 5) is 128. The van der Waals surface area contributed by atoms with Crippen LogP contribution in [-0.4, -0.2) is 112 Å². The molecule has 8 heterocycles. The molecule has 0 radical (unpaired) electrons. The van der Waals surface area contributed by atoms with Crippen LogP contribution in [-0.2, 0) is 20.7 Å². The molecule has 13 aromatic rings. The fraction of sp³-hybridized carbons (Fsp3) is 0.406. The van der Waals surface area contributed by atoms with Gasteiger partial charge in [-0.05, 0) is 283 Å². The number of ether oxygens (including phenoxy) is 2. The van der Waals surface area contributed by atoms with Gasteiger partial charge in [0, 0.05) is 83.1 Å². The van der Waals surface area contributed by atoms with E-state index in [0.717, 1.165) is 206 Å². The molecule has 27 nitrogen and oxygen atoms in total. The number of nitrogens with two attached hydrogens (primary N) is 1. The van der Waals surface area contributed by atoms with Crippen molar-refractivity contribution in [3.8, 4) is 0 Å². The summed E-state index contributed by atoms with van der Waals surface area (Å²) < 4.78 is 19.0. The third kappa shape index (κ3) is 22.2. The highest BCUT2D eigenvalue weighted by Crippen LogP contribution is 2.41. The number of fused-ring (bicyclic) bond motifs is 5. The molecular weight excluding hydrogens is 1650 g/mol. The van der Waals surface area contributed by atoms with Crippen molar-refractivity contribution in [2.75, 3.05) is 17.2 Å². The Hall–Kier alpha value is -12.6. The molecule has 674 valence electrons. The molecule has 8 N–H and O–H groups in total. The molecule has 0 spiro atoms. The third-order valence-electron chi connectivity index (χ3n) is 24.2. The molecule has 5 atom stereocenters. The zero-order valence-electron chi connectivity index (χ0n) is 76.3. The Labute approximate surface area is 755 Å². The van der Waals surface area contributed by atoms with Crippen molar-refractivity contribution >= 4 is 107 Å². The van der Waals surface area contributed by atoms with Gasteiger partial charge in [-0.3, -0.25) is 38.1 Å². The van der Waals surface area contributed by atoms with E-state index >= 15 is 0 Å². The summed E-state index contributed by atoms with van der Waals surface area (Å²) >= 11 is 5.37. The average molecular weight is 1770 g/mol. The summed E-state index contributed by atoms with van der Waals surface area (Å²) in [5, 5.41) is 20.6. The molecule has 6 aromatic carbocycles. The minimum atomic E-state index is -0.704. The van der Waals surface area contributed by atoms with Crippen LogP contribution in [0.25, 0.3) is 54.6 Å². The van der Waals surface area contributed by atoms with E-state index in [0.29, 0.717) is 52.1 Å². The van der Waals surface area contributed by atoms with E-state index < -0.39 is 17.7 Å². The minimum absolute atomic E-state index is 0.0345. The second-order valence-electron chi connectivity index (χ2n) is 36.2. The van der Waals surface area contributed by atoms with Crippen molar-refractivity contribution < 1.29 is 33.4 Å². The number of anilines is 2. The van der Waals surface area contributed by atoms with Crippen LogP contribution in [0.3, 0.4) is 0 Å². The van der Waals surface area contributed by atoms with E-state index in [1.807, 2.05) is 184 Å². The van der Waals surface area contributed by atoms with Crippen LogP contribution in [0.2, 0.25) is 0 Å². The zero-order valence-corrected chi connectivity index (χ0v) is 77.1. The second-order valence-corrected chi connectivity index (χ2v) is 36.5. The fourth-order valence-corrected chi connectivity index (χ4v) is 17.1. The zero-order chi connectivity index (χ0) is 92.0. The van der Waals surface area contributed by atoms with E-state index in [1.165, 1.54) is 6.33 Å². The lowest BCUT2D eigenvalue weighted by atomic mass is 9.95. The lowest BCUT2D eigenvalue weighted by Gasteiger charge is -2.24. The molecule has 2 unspecified atom stereocenters. The lowest BCUT2D eigenvalue weighted by Crippen LogP contribution is -2.42. The highest BCUT2D eigenvalue weighted by atomic mass is 35.5. The number of Topliss-reactive ketones (excluding diaryl/α,β-unsaturated/α-hetero) is 1. The Kier molecular flexibility index (Phi) is 28.7. The van der Waals surface area contributed by atoms with Crippen molar-refractivity contribution in [2.45, 2.75) is 260 Å². The fourth-order valence-electron chi connectivity index (χ4n) is 16.8. The number of carbonyl (C=O) groups is 5. The topological polar surface area (TPSA) is 354 Å². The maximum Gasteiger partial charge on any atom is 0.408 e. The number of nitrogens with one attached hydrogen (secondary N) is 6. The van der Waals surface area contributed by atoms with E-state index in [-0.39, 0.29) is 82.4 Å². The molecule has 0 bridgehead atoms. The number of aryl methyl sites for hydroxylation is 8. The number of hydrogen-bond acceptors (Lipinski definition) is 19. The SMILES string of the molecule is Cc1cccc(C)c1C(=O)Cl.Cc1cccc(C)c1C(=O)NC1CC1.Cc1cccc(CC(=O)C(C)NC(=O)OC(C)(C)C)c1C(=O)NC1CC1.Cc1cccc2cc([C@H](C)N)n(C3CC3)c(=O)c12.Cc1cccc2cc([C@H](C)Nc3ncnc4c3ncn4C3CCCCO3)n(C3CC3)c(=O)c12.Cc1cccc2cc([C@H](C)Nc3ncnc4nc[nH]c34)n(C3CC3)c(=O)c12. The maximum atomic E-state index is 13.5. The first-order valence-electron chi connectivity index (χ1n) is 44.9. The van der Waals surface area contributed by atoms with Crippen molar-refractivity contribution in [1.29, 1.82) is 0 Å². The van der Waals surface area contributed by atoms with Crippen LogP contribution in [0, 0.1) is 55.4 Å². The summed E-state index contributed by atoms with van der Waals surface area (Å²) in [5.74, 6) is 1.12. The third-order valence-corrected chi connectivity index (χ3v) is 24.4. The summed E-state index contributed by atoms with van der Waals surface area (Å²) in [6.07, 6.45) is 19.7. The van der Waals surface area contributed by atoms with Crippen LogP contribution in [0.15, 0.2) is 167 Å². The van der Waals surface area contributed by atoms with Crippen LogP contribution in [0.1, 0.15) is 273 Å². The van der Waals surface area contributed by atoms with Crippen LogP contribution in [0.4, 0.5) is 16.4 Å². The van der Waals surface area contributed by atoms with Gasteiger partial charge in [-0.25, -0.2) is 34.7 Å². The predicted molar refractivity (Wildman–Crippen MR) is 508 cm³/mol. The van der Waals surface area contributed by atoms with Gasteiger partial charge in [0.25, 0.3) is 33.7 Å². The molecule has 3 amide bonds. The molecule has 19 rings (SSSR count). The molecule has 1 aliphatic heterocycles. The number of alkyl carbamates (subject to hydrolysis) is 1. The number of carbonyl (C=O) groups excluding carboxylic acids is 5. The summed E-state index contributed by atoms with van der Waals surface area (Å²) in [6.45, 7) is 29.3. The number of pyridine rings is 3. The molecule has 6 aliphatic rings. The van der Waals surface area contributed by atoms with Gasteiger partial charge in [-0.15, -0.1) is 0 Å². The number of H-pyrrole nitrogens is 1. The first kappa shape index (κ1) is 92.6. The highest BCUT2D eigenvalue weighted by molar-refractivity contribution is 6.68. The van der Waals surface area contributed by atoms with Crippen molar-refractivity contribution in [3.63, 3.8) is 0 Å². The van der Waals surface area contributed by atoms with Gasteiger partial charge in [0.1, 0.15) is 30.0 Å². The number of aromatic nitrogens is 11. The lowest BCUT2D eigenvalue weighted by molar-refractivity contribution is -0.120. The van der Waals surface area contributed by atoms with E-state index in [1.54, 1.807) is 52.7 Å². The van der Waals surface area contributed by atoms with Gasteiger partial charge < -0.3 is 60.5 Å². The van der Waals surface area contributed by atoms with E-state index in [4.69, 9.17) is 26.8 Å². The number of ketones is 1. The van der Waals surface area contributed by atoms with Crippen LogP contribution in [0.5, 0.6) is 0 Å². The Morgan fingerprint density at radius 1 is 0.519 bits per heavy atom. The summed E-state index contributed by atoms with van der Waals surface area (Å²) in [5.41, 5.74) is 22.1. The predicted octanol–water partition coefficient (Wildman–Crippen LogP) is 18.6. The molecule has 5 saturated carbocycles. The second kappa shape index (κ2) is 40.0.